The lowest BCUT2D eigenvalue weighted by molar-refractivity contribution is 0.252. The molecule has 4 aromatic rings. The van der Waals surface area contributed by atoms with Crippen LogP contribution >= 0.6 is 0 Å². The Balaban J connectivity index is 1.40. The number of ether oxygens (including phenoxy) is 2. The Morgan fingerprint density at radius 3 is 2.52 bits per heavy atom. The Morgan fingerprint density at radius 2 is 1.79 bits per heavy atom. The van der Waals surface area contributed by atoms with Crippen molar-refractivity contribution in [3.8, 4) is 22.9 Å². The highest BCUT2D eigenvalue weighted by atomic mass is 16.5. The minimum Gasteiger partial charge on any atom is -0.496 e. The van der Waals surface area contributed by atoms with Crippen molar-refractivity contribution in [1.29, 1.82) is 0 Å². The maximum atomic E-state index is 5.74. The second-order valence-electron chi connectivity index (χ2n) is 8.39. The molecule has 8 heteroatoms. The summed E-state index contributed by atoms with van der Waals surface area (Å²) >= 11 is 0. The fraction of sp³-hybridized carbons (Fsp3) is 0.320. The van der Waals surface area contributed by atoms with Crippen LogP contribution in [0.2, 0.25) is 0 Å². The first-order valence-corrected chi connectivity index (χ1v) is 11.1. The number of nitrogens with zero attached hydrogens (tertiary/aromatic N) is 5. The van der Waals surface area contributed by atoms with Crippen LogP contribution in [-0.4, -0.2) is 58.8 Å². The molecule has 1 saturated heterocycles. The van der Waals surface area contributed by atoms with E-state index in [-0.39, 0.29) is 0 Å². The van der Waals surface area contributed by atoms with E-state index in [9.17, 15) is 0 Å². The number of benzene rings is 1. The molecule has 8 nitrogen and oxygen atoms in total. The molecule has 0 spiro atoms. The molecule has 1 aliphatic heterocycles. The van der Waals surface area contributed by atoms with Crippen molar-refractivity contribution in [2.24, 2.45) is 0 Å². The van der Waals surface area contributed by atoms with Crippen molar-refractivity contribution in [3.63, 3.8) is 0 Å². The Kier molecular flexibility index (Phi) is 5.83. The predicted molar refractivity (Wildman–Crippen MR) is 129 cm³/mol. The van der Waals surface area contributed by atoms with Gasteiger partial charge in [0, 0.05) is 29.6 Å². The smallest absolute Gasteiger partial charge is 0.245 e. The Bertz CT molecular complexity index is 1250. The van der Waals surface area contributed by atoms with Crippen molar-refractivity contribution in [1.82, 2.24) is 24.5 Å². The van der Waals surface area contributed by atoms with E-state index in [2.05, 4.69) is 39.4 Å². The van der Waals surface area contributed by atoms with Gasteiger partial charge in [-0.2, -0.15) is 0 Å². The molecule has 3 aromatic heterocycles. The summed E-state index contributed by atoms with van der Waals surface area (Å²) in [5.74, 6) is 2.52. The third-order valence-electron chi connectivity index (χ3n) is 6.29. The zero-order valence-electron chi connectivity index (χ0n) is 19.2. The summed E-state index contributed by atoms with van der Waals surface area (Å²) < 4.78 is 12.8. The first-order valence-electron chi connectivity index (χ1n) is 11.1. The van der Waals surface area contributed by atoms with Crippen LogP contribution in [0.3, 0.4) is 0 Å². The van der Waals surface area contributed by atoms with E-state index in [1.807, 2.05) is 34.8 Å². The van der Waals surface area contributed by atoms with E-state index >= 15 is 0 Å². The molecule has 1 N–H and O–H groups in total. The summed E-state index contributed by atoms with van der Waals surface area (Å²) in [6, 6.07) is 14.1. The van der Waals surface area contributed by atoms with Gasteiger partial charge in [-0.1, -0.05) is 6.07 Å². The number of likely N-dealkylation sites (tertiary alicyclic amines) is 1. The number of fused-ring (bicyclic) bond motifs is 1. The minimum atomic E-state index is 0.510. The van der Waals surface area contributed by atoms with Gasteiger partial charge in [0.2, 0.25) is 11.8 Å². The topological polar surface area (TPSA) is 76.8 Å². The molecule has 0 radical (unpaired) electrons. The van der Waals surface area contributed by atoms with Crippen LogP contribution in [-0.2, 0) is 0 Å². The molecule has 0 aliphatic carbocycles. The zero-order chi connectivity index (χ0) is 22.8. The molecule has 0 saturated carbocycles. The van der Waals surface area contributed by atoms with E-state index in [0.717, 1.165) is 54.1 Å². The highest BCUT2D eigenvalue weighted by molar-refractivity contribution is 5.66. The maximum Gasteiger partial charge on any atom is 0.245 e. The van der Waals surface area contributed by atoms with E-state index in [0.29, 0.717) is 17.7 Å². The van der Waals surface area contributed by atoms with Crippen molar-refractivity contribution in [2.45, 2.75) is 18.8 Å². The van der Waals surface area contributed by atoms with Crippen LogP contribution in [0.1, 0.15) is 24.3 Å². The van der Waals surface area contributed by atoms with Crippen LogP contribution in [0.25, 0.3) is 16.8 Å². The molecule has 1 aliphatic rings. The quantitative estimate of drug-likeness (QED) is 0.473. The summed E-state index contributed by atoms with van der Waals surface area (Å²) in [6.07, 6.45) is 5.88. The molecule has 1 aromatic carbocycles. The Morgan fingerprint density at radius 1 is 0.939 bits per heavy atom. The first kappa shape index (κ1) is 21.2. The highest BCUT2D eigenvalue weighted by Gasteiger charge is 2.21. The third kappa shape index (κ3) is 4.34. The zero-order valence-corrected chi connectivity index (χ0v) is 19.2. The minimum absolute atomic E-state index is 0.510. The van der Waals surface area contributed by atoms with E-state index in [4.69, 9.17) is 14.6 Å². The van der Waals surface area contributed by atoms with Crippen LogP contribution in [0.4, 0.5) is 11.6 Å². The fourth-order valence-corrected chi connectivity index (χ4v) is 4.40. The standard InChI is InChI=1S/C25H28N6O2/c1-30-12-10-17(11-13-30)21-7-5-19(14-23(21)32-2)28-25-27-16-20-6-8-22(31(20)29-25)18-4-9-24(33-3)26-15-18/h4-9,14-17H,10-13H2,1-3H3,(H,28,29). The van der Waals surface area contributed by atoms with Gasteiger partial charge in [-0.15, -0.1) is 5.10 Å². The van der Waals surface area contributed by atoms with Gasteiger partial charge >= 0.3 is 0 Å². The predicted octanol–water partition coefficient (Wildman–Crippen LogP) is 4.36. The monoisotopic (exact) mass is 444 g/mol. The van der Waals surface area contributed by atoms with Gasteiger partial charge < -0.3 is 19.7 Å². The first-order chi connectivity index (χ1) is 16.1. The summed E-state index contributed by atoms with van der Waals surface area (Å²) in [6.45, 7) is 2.23. The lowest BCUT2D eigenvalue weighted by Crippen LogP contribution is -2.29. The maximum absolute atomic E-state index is 5.74. The van der Waals surface area contributed by atoms with Crippen molar-refractivity contribution >= 4 is 17.2 Å². The molecular formula is C25H28N6O2. The van der Waals surface area contributed by atoms with Crippen LogP contribution in [0, 0.1) is 0 Å². The van der Waals surface area contributed by atoms with E-state index in [1.54, 1.807) is 26.6 Å². The van der Waals surface area contributed by atoms with Gasteiger partial charge in [-0.3, -0.25) is 0 Å². The number of nitrogens with one attached hydrogen (secondary N) is 1. The lowest BCUT2D eigenvalue weighted by Gasteiger charge is -2.30. The molecule has 0 unspecified atom stereocenters. The highest BCUT2D eigenvalue weighted by Crippen LogP contribution is 2.36. The number of anilines is 2. The average molecular weight is 445 g/mol. The van der Waals surface area contributed by atoms with Crippen LogP contribution in [0.15, 0.2) is 54.9 Å². The number of rotatable bonds is 6. The number of methoxy groups -OCH3 is 2. The number of aromatic nitrogens is 4. The largest absolute Gasteiger partial charge is 0.496 e. The van der Waals surface area contributed by atoms with Gasteiger partial charge in [-0.25, -0.2) is 14.5 Å². The fourth-order valence-electron chi connectivity index (χ4n) is 4.40. The number of hydrogen-bond acceptors (Lipinski definition) is 7. The molecule has 5 rings (SSSR count). The summed E-state index contributed by atoms with van der Waals surface area (Å²) in [5.41, 5.74) is 4.95. The van der Waals surface area contributed by atoms with E-state index in [1.165, 1.54) is 5.56 Å². The van der Waals surface area contributed by atoms with Gasteiger partial charge in [0.1, 0.15) is 5.75 Å². The third-order valence-corrected chi connectivity index (χ3v) is 6.29. The number of hydrogen-bond donors (Lipinski definition) is 1. The molecule has 0 bridgehead atoms. The van der Waals surface area contributed by atoms with Crippen LogP contribution < -0.4 is 14.8 Å². The van der Waals surface area contributed by atoms with Crippen LogP contribution in [0.5, 0.6) is 11.6 Å². The SMILES string of the molecule is COc1ccc(-c2ccc3cnc(Nc4ccc(C5CCN(C)CC5)c(OC)c4)nn23)cn1. The second kappa shape index (κ2) is 9.07. The van der Waals surface area contributed by atoms with Crippen molar-refractivity contribution in [3.05, 3.63) is 60.4 Å². The molecule has 33 heavy (non-hydrogen) atoms. The average Bonchev–Trinajstić information content (AvgIpc) is 3.28. The van der Waals surface area contributed by atoms with Crippen molar-refractivity contribution in [2.75, 3.05) is 39.7 Å². The van der Waals surface area contributed by atoms with Gasteiger partial charge in [0.05, 0.1) is 31.6 Å². The molecule has 0 atom stereocenters. The van der Waals surface area contributed by atoms with Gasteiger partial charge in [0.25, 0.3) is 0 Å². The van der Waals surface area contributed by atoms with Crippen molar-refractivity contribution < 1.29 is 9.47 Å². The lowest BCUT2D eigenvalue weighted by atomic mass is 9.89. The number of piperidine rings is 1. The summed E-state index contributed by atoms with van der Waals surface area (Å²) in [7, 11) is 5.52. The molecule has 4 heterocycles. The molecular weight excluding hydrogens is 416 g/mol. The molecule has 0 amide bonds. The second-order valence-corrected chi connectivity index (χ2v) is 8.39. The molecule has 1 fully saturated rings. The normalized spacial score (nSPS) is 15.0. The number of pyridine rings is 1. The molecule has 170 valence electrons. The van der Waals surface area contributed by atoms with Gasteiger partial charge in [-0.05, 0) is 68.7 Å². The van der Waals surface area contributed by atoms with E-state index < -0.39 is 0 Å². The Hall–Kier alpha value is -3.65. The van der Waals surface area contributed by atoms with Gasteiger partial charge in [0.15, 0.2) is 0 Å². The summed E-state index contributed by atoms with van der Waals surface area (Å²) in [5, 5.41) is 8.04. The summed E-state index contributed by atoms with van der Waals surface area (Å²) in [4.78, 5) is 11.2. The Labute approximate surface area is 193 Å².